The third-order valence-corrected chi connectivity index (χ3v) is 3.09. The van der Waals surface area contributed by atoms with Crippen molar-refractivity contribution in [1.29, 1.82) is 0 Å². The van der Waals surface area contributed by atoms with Crippen LogP contribution in [0.3, 0.4) is 0 Å². The fourth-order valence-corrected chi connectivity index (χ4v) is 2.09. The molecule has 102 valence electrons. The highest BCUT2D eigenvalue weighted by atomic mass is 32.2. The maximum absolute atomic E-state index is 12.2. The maximum atomic E-state index is 12.2. The van der Waals surface area contributed by atoms with Gasteiger partial charge < -0.3 is 10.1 Å². The van der Waals surface area contributed by atoms with Crippen LogP contribution in [0.2, 0.25) is 0 Å². The van der Waals surface area contributed by atoms with Crippen molar-refractivity contribution in [3.8, 4) is 5.75 Å². The molecule has 0 aromatic heterocycles. The Morgan fingerprint density at radius 2 is 2.00 bits per heavy atom. The lowest BCUT2D eigenvalue weighted by atomic mass is 10.2. The van der Waals surface area contributed by atoms with Crippen LogP contribution in [0.25, 0.3) is 0 Å². The molecule has 0 aliphatic carbocycles. The van der Waals surface area contributed by atoms with E-state index < -0.39 is 6.36 Å². The van der Waals surface area contributed by atoms with Gasteiger partial charge >= 0.3 is 6.36 Å². The molecule has 1 N–H and O–H groups in total. The summed E-state index contributed by atoms with van der Waals surface area (Å²) in [7, 11) is 0. The lowest BCUT2D eigenvalue weighted by molar-refractivity contribution is -0.274. The molecule has 0 saturated carbocycles. The van der Waals surface area contributed by atoms with E-state index in [0.717, 1.165) is 5.75 Å². The Bertz CT molecular complexity index is 371. The summed E-state index contributed by atoms with van der Waals surface area (Å²) in [6.45, 7) is 2.34. The third kappa shape index (κ3) is 5.64. The predicted octanol–water partition coefficient (Wildman–Crippen LogP) is 3.43. The van der Waals surface area contributed by atoms with Gasteiger partial charge in [0.05, 0.1) is 0 Å². The van der Waals surface area contributed by atoms with Gasteiger partial charge in [-0.15, -0.1) is 13.2 Å². The molecule has 0 fully saturated rings. The van der Waals surface area contributed by atoms with Crippen LogP contribution in [-0.2, 0) is 6.54 Å². The third-order valence-electron chi connectivity index (χ3n) is 2.26. The van der Waals surface area contributed by atoms with Crippen molar-refractivity contribution in [2.75, 3.05) is 12.0 Å². The first-order valence-electron chi connectivity index (χ1n) is 5.48. The molecule has 0 radical (unpaired) electrons. The lowest BCUT2D eigenvalue weighted by Crippen LogP contribution is -2.28. The van der Waals surface area contributed by atoms with Gasteiger partial charge in [0.25, 0.3) is 0 Å². The van der Waals surface area contributed by atoms with Crippen LogP contribution in [0.4, 0.5) is 13.2 Å². The molecule has 0 aliphatic heterocycles. The molecule has 0 aliphatic rings. The van der Waals surface area contributed by atoms with Gasteiger partial charge in [-0.2, -0.15) is 11.8 Å². The van der Waals surface area contributed by atoms with Gasteiger partial charge in [-0.05, 0) is 19.2 Å². The number of benzene rings is 1. The van der Waals surface area contributed by atoms with Crippen molar-refractivity contribution in [1.82, 2.24) is 5.32 Å². The summed E-state index contributed by atoms with van der Waals surface area (Å²) in [5.74, 6) is 0.760. The molecule has 2 nitrogen and oxygen atoms in total. The van der Waals surface area contributed by atoms with Gasteiger partial charge in [-0.3, -0.25) is 0 Å². The van der Waals surface area contributed by atoms with Crippen molar-refractivity contribution >= 4 is 11.8 Å². The molecule has 18 heavy (non-hydrogen) atoms. The summed E-state index contributed by atoms with van der Waals surface area (Å²) in [5, 5.41) is 3.16. The fourth-order valence-electron chi connectivity index (χ4n) is 1.47. The van der Waals surface area contributed by atoms with Crippen LogP contribution in [0.15, 0.2) is 24.3 Å². The minimum Gasteiger partial charge on any atom is -0.405 e. The maximum Gasteiger partial charge on any atom is 0.573 e. The van der Waals surface area contributed by atoms with E-state index in [9.17, 15) is 13.2 Å². The molecule has 1 aromatic carbocycles. The summed E-state index contributed by atoms with van der Waals surface area (Å²) in [5.41, 5.74) is 0.503. The van der Waals surface area contributed by atoms with Gasteiger partial charge in [0.1, 0.15) is 5.75 Å². The molecule has 0 amide bonds. The minimum absolute atomic E-state index is 0.145. The van der Waals surface area contributed by atoms with E-state index in [1.54, 1.807) is 23.9 Å². The molecular formula is C12H16F3NOS. The van der Waals surface area contributed by atoms with E-state index in [0.29, 0.717) is 12.1 Å². The molecule has 6 heteroatoms. The van der Waals surface area contributed by atoms with Crippen LogP contribution in [-0.4, -0.2) is 24.4 Å². The van der Waals surface area contributed by atoms with E-state index in [1.165, 1.54) is 12.1 Å². The number of rotatable bonds is 6. The first kappa shape index (κ1) is 15.2. The Kier molecular flexibility index (Phi) is 5.81. The van der Waals surface area contributed by atoms with Crippen LogP contribution in [0.5, 0.6) is 5.75 Å². The van der Waals surface area contributed by atoms with Crippen molar-refractivity contribution in [2.45, 2.75) is 25.9 Å². The Morgan fingerprint density at radius 3 is 2.61 bits per heavy atom. The molecule has 1 atom stereocenters. The molecule has 0 saturated heterocycles. The molecule has 0 bridgehead atoms. The largest absolute Gasteiger partial charge is 0.573 e. The van der Waals surface area contributed by atoms with Crippen LogP contribution >= 0.6 is 11.8 Å². The molecule has 1 aromatic rings. The Hall–Kier alpha value is -0.880. The lowest BCUT2D eigenvalue weighted by Gasteiger charge is -2.16. The highest BCUT2D eigenvalue weighted by molar-refractivity contribution is 7.98. The predicted molar refractivity (Wildman–Crippen MR) is 67.8 cm³/mol. The summed E-state index contributed by atoms with van der Waals surface area (Å²) < 4.78 is 40.6. The number of nitrogens with one attached hydrogen (secondary N) is 1. The zero-order chi connectivity index (χ0) is 13.6. The number of hydrogen-bond donors (Lipinski definition) is 1. The zero-order valence-corrected chi connectivity index (χ0v) is 11.1. The molecule has 0 spiro atoms. The summed E-state index contributed by atoms with van der Waals surface area (Å²) in [6.07, 6.45) is -2.67. The standard InChI is InChI=1S/C12H16F3NOS/c1-9(8-18-2)16-7-10-5-3-4-6-11(10)17-12(13,14)15/h3-6,9,16H,7-8H2,1-2H3. The molecular weight excluding hydrogens is 263 g/mol. The summed E-state index contributed by atoms with van der Waals surface area (Å²) in [4.78, 5) is 0. The molecule has 0 heterocycles. The number of hydrogen-bond acceptors (Lipinski definition) is 3. The van der Waals surface area contributed by atoms with Crippen molar-refractivity contribution in [2.24, 2.45) is 0 Å². The average Bonchev–Trinajstić information content (AvgIpc) is 2.26. The molecule has 1 rings (SSSR count). The fraction of sp³-hybridized carbons (Fsp3) is 0.500. The number of para-hydroxylation sites is 1. The second-order valence-corrected chi connectivity index (χ2v) is 4.80. The Balaban J connectivity index is 2.65. The van der Waals surface area contributed by atoms with E-state index in [4.69, 9.17) is 0 Å². The van der Waals surface area contributed by atoms with Crippen LogP contribution in [0.1, 0.15) is 12.5 Å². The second-order valence-electron chi connectivity index (χ2n) is 3.89. The van der Waals surface area contributed by atoms with Gasteiger partial charge in [0.2, 0.25) is 0 Å². The smallest absolute Gasteiger partial charge is 0.405 e. The van der Waals surface area contributed by atoms with E-state index in [1.807, 2.05) is 13.2 Å². The number of thioether (sulfide) groups is 1. The highest BCUT2D eigenvalue weighted by Crippen LogP contribution is 2.26. The SMILES string of the molecule is CSCC(C)NCc1ccccc1OC(F)(F)F. The van der Waals surface area contributed by atoms with E-state index >= 15 is 0 Å². The number of alkyl halides is 3. The average molecular weight is 279 g/mol. The first-order valence-corrected chi connectivity index (χ1v) is 6.87. The van der Waals surface area contributed by atoms with Gasteiger partial charge in [-0.25, -0.2) is 0 Å². The van der Waals surface area contributed by atoms with Crippen molar-refractivity contribution in [3.63, 3.8) is 0 Å². The van der Waals surface area contributed by atoms with E-state index in [2.05, 4.69) is 10.1 Å². The Labute approximate surface area is 109 Å². The zero-order valence-electron chi connectivity index (χ0n) is 10.3. The van der Waals surface area contributed by atoms with Gasteiger partial charge in [0, 0.05) is 23.9 Å². The van der Waals surface area contributed by atoms with Gasteiger partial charge in [0.15, 0.2) is 0 Å². The van der Waals surface area contributed by atoms with Crippen molar-refractivity contribution in [3.05, 3.63) is 29.8 Å². The van der Waals surface area contributed by atoms with Crippen LogP contribution in [0, 0.1) is 0 Å². The minimum atomic E-state index is -4.65. The quantitative estimate of drug-likeness (QED) is 0.862. The Morgan fingerprint density at radius 1 is 1.33 bits per heavy atom. The topological polar surface area (TPSA) is 21.3 Å². The number of halogens is 3. The number of ether oxygens (including phenoxy) is 1. The summed E-state index contributed by atoms with van der Waals surface area (Å²) >= 11 is 1.69. The van der Waals surface area contributed by atoms with E-state index in [-0.39, 0.29) is 11.8 Å². The normalized spacial score (nSPS) is 13.4. The second kappa shape index (κ2) is 6.89. The highest BCUT2D eigenvalue weighted by Gasteiger charge is 2.31. The van der Waals surface area contributed by atoms with Crippen molar-refractivity contribution < 1.29 is 17.9 Å². The first-order chi connectivity index (χ1) is 8.42. The summed E-state index contributed by atoms with van der Waals surface area (Å²) in [6, 6.07) is 6.40. The monoisotopic (exact) mass is 279 g/mol. The van der Waals surface area contributed by atoms with Gasteiger partial charge in [-0.1, -0.05) is 18.2 Å². The van der Waals surface area contributed by atoms with Crippen LogP contribution < -0.4 is 10.1 Å². The molecule has 1 unspecified atom stereocenters.